The normalized spacial score (nSPS) is 10.5. The highest BCUT2D eigenvalue weighted by Crippen LogP contribution is 2.39. The number of nitrogens with one attached hydrogen (secondary N) is 1. The topological polar surface area (TPSA) is 114 Å². The Morgan fingerprint density at radius 1 is 1.03 bits per heavy atom. The van der Waals surface area contributed by atoms with Crippen molar-refractivity contribution >= 4 is 17.6 Å². The van der Waals surface area contributed by atoms with Gasteiger partial charge in [0.15, 0.2) is 11.5 Å². The zero-order valence-electron chi connectivity index (χ0n) is 17.6. The van der Waals surface area contributed by atoms with Crippen LogP contribution >= 0.6 is 0 Å². The maximum atomic E-state index is 12.5. The Kier molecular flexibility index (Phi) is 6.81. The number of hydrogen-bond acceptors (Lipinski definition) is 8. The van der Waals surface area contributed by atoms with E-state index in [9.17, 15) is 9.59 Å². The van der Waals surface area contributed by atoms with Crippen molar-refractivity contribution in [2.45, 2.75) is 13.0 Å². The van der Waals surface area contributed by atoms with E-state index in [1.165, 1.54) is 40.7 Å². The lowest BCUT2D eigenvalue weighted by molar-refractivity contribution is -0.115. The highest BCUT2D eigenvalue weighted by atomic mass is 16.5. The SMILES string of the molecule is COC(=O)c1ccc(Cn2cc(NC(=O)Cc3ccc(OC)c(OC)c3OC)cn2)o1. The Balaban J connectivity index is 1.65. The molecule has 0 aliphatic rings. The number of furan rings is 1. The standard InChI is InChI=1S/C21H23N3O7/c1-27-16-7-5-13(19(28-2)20(16)29-3)9-18(25)23-14-10-22-24(11-14)12-15-6-8-17(31-15)21(26)30-4/h5-8,10-11H,9,12H2,1-4H3,(H,23,25). The summed E-state index contributed by atoms with van der Waals surface area (Å²) in [5.41, 5.74) is 1.17. The van der Waals surface area contributed by atoms with E-state index in [0.29, 0.717) is 34.3 Å². The molecular weight excluding hydrogens is 406 g/mol. The molecule has 0 radical (unpaired) electrons. The van der Waals surface area contributed by atoms with Crippen LogP contribution in [0.4, 0.5) is 5.69 Å². The summed E-state index contributed by atoms with van der Waals surface area (Å²) in [6.07, 6.45) is 3.24. The molecule has 0 bridgehead atoms. The van der Waals surface area contributed by atoms with Gasteiger partial charge in [0, 0.05) is 11.8 Å². The van der Waals surface area contributed by atoms with Crippen molar-refractivity contribution in [1.29, 1.82) is 0 Å². The molecule has 164 valence electrons. The van der Waals surface area contributed by atoms with Crippen LogP contribution in [0.1, 0.15) is 21.9 Å². The number of rotatable bonds is 9. The van der Waals surface area contributed by atoms with Crippen LogP contribution in [-0.2, 0) is 22.5 Å². The maximum Gasteiger partial charge on any atom is 0.373 e. The number of carbonyl (C=O) groups is 2. The van der Waals surface area contributed by atoms with Gasteiger partial charge in [-0.05, 0) is 18.2 Å². The van der Waals surface area contributed by atoms with Crippen molar-refractivity contribution in [1.82, 2.24) is 9.78 Å². The largest absolute Gasteiger partial charge is 0.493 e. The van der Waals surface area contributed by atoms with Crippen molar-refractivity contribution in [2.75, 3.05) is 33.8 Å². The Bertz CT molecular complexity index is 1070. The summed E-state index contributed by atoms with van der Waals surface area (Å²) < 4.78 is 27.6. The van der Waals surface area contributed by atoms with E-state index in [1.807, 2.05) is 0 Å². The highest BCUT2D eigenvalue weighted by Gasteiger charge is 2.18. The molecule has 31 heavy (non-hydrogen) atoms. The fraction of sp³-hybridized carbons (Fsp3) is 0.286. The Labute approximate surface area is 178 Å². The monoisotopic (exact) mass is 429 g/mol. The van der Waals surface area contributed by atoms with Crippen molar-refractivity contribution in [3.05, 3.63) is 53.7 Å². The van der Waals surface area contributed by atoms with Crippen LogP contribution in [0.5, 0.6) is 17.2 Å². The number of benzene rings is 1. The maximum absolute atomic E-state index is 12.5. The second kappa shape index (κ2) is 9.70. The van der Waals surface area contributed by atoms with Gasteiger partial charge in [0.05, 0.1) is 53.3 Å². The van der Waals surface area contributed by atoms with Gasteiger partial charge in [-0.15, -0.1) is 0 Å². The molecular formula is C21H23N3O7. The molecule has 0 atom stereocenters. The Hall–Kier alpha value is -3.95. The molecule has 3 rings (SSSR count). The average molecular weight is 429 g/mol. The van der Waals surface area contributed by atoms with Gasteiger partial charge in [-0.25, -0.2) is 4.79 Å². The summed E-state index contributed by atoms with van der Waals surface area (Å²) in [5.74, 6) is 1.21. The van der Waals surface area contributed by atoms with Crippen LogP contribution in [0, 0.1) is 0 Å². The Morgan fingerprint density at radius 2 is 1.81 bits per heavy atom. The first-order chi connectivity index (χ1) is 15.0. The van der Waals surface area contributed by atoms with Gasteiger partial charge in [0.25, 0.3) is 0 Å². The van der Waals surface area contributed by atoms with Crippen molar-refractivity contribution in [3.8, 4) is 17.2 Å². The lowest BCUT2D eigenvalue weighted by Crippen LogP contribution is -2.15. The van der Waals surface area contributed by atoms with Crippen LogP contribution in [-0.4, -0.2) is 50.1 Å². The van der Waals surface area contributed by atoms with Gasteiger partial charge in [-0.2, -0.15) is 5.10 Å². The minimum Gasteiger partial charge on any atom is -0.493 e. The summed E-state index contributed by atoms with van der Waals surface area (Å²) >= 11 is 0. The number of ether oxygens (including phenoxy) is 4. The molecule has 1 N–H and O–H groups in total. The first-order valence-electron chi connectivity index (χ1n) is 9.26. The lowest BCUT2D eigenvalue weighted by Gasteiger charge is -2.15. The molecule has 0 saturated heterocycles. The van der Waals surface area contributed by atoms with E-state index in [4.69, 9.17) is 18.6 Å². The van der Waals surface area contributed by atoms with E-state index in [0.717, 1.165) is 0 Å². The molecule has 0 aliphatic carbocycles. The molecule has 0 aliphatic heterocycles. The summed E-state index contributed by atoms with van der Waals surface area (Å²) in [6, 6.07) is 6.66. The first-order valence-corrected chi connectivity index (χ1v) is 9.26. The molecule has 1 aromatic carbocycles. The van der Waals surface area contributed by atoms with E-state index in [2.05, 4.69) is 15.2 Å². The van der Waals surface area contributed by atoms with Crippen LogP contribution in [0.2, 0.25) is 0 Å². The molecule has 2 heterocycles. The van der Waals surface area contributed by atoms with Crippen molar-refractivity contribution < 1.29 is 33.0 Å². The Morgan fingerprint density at radius 3 is 2.48 bits per heavy atom. The fourth-order valence-electron chi connectivity index (χ4n) is 3.03. The zero-order chi connectivity index (χ0) is 22.4. The van der Waals surface area contributed by atoms with E-state index in [1.54, 1.807) is 29.1 Å². The first kappa shape index (κ1) is 21.8. The number of carbonyl (C=O) groups excluding carboxylic acids is 2. The van der Waals surface area contributed by atoms with Crippen molar-refractivity contribution in [2.24, 2.45) is 0 Å². The number of hydrogen-bond donors (Lipinski definition) is 1. The molecule has 10 nitrogen and oxygen atoms in total. The van der Waals surface area contributed by atoms with Crippen molar-refractivity contribution in [3.63, 3.8) is 0 Å². The molecule has 3 aromatic rings. The van der Waals surface area contributed by atoms with E-state index < -0.39 is 5.97 Å². The number of esters is 1. The van der Waals surface area contributed by atoms with E-state index in [-0.39, 0.29) is 24.6 Å². The third-order valence-electron chi connectivity index (χ3n) is 4.42. The van der Waals surface area contributed by atoms with E-state index >= 15 is 0 Å². The molecule has 2 aromatic heterocycles. The van der Waals surface area contributed by atoms with Crippen LogP contribution < -0.4 is 19.5 Å². The summed E-state index contributed by atoms with van der Waals surface area (Å²) in [7, 11) is 5.82. The summed E-state index contributed by atoms with van der Waals surface area (Å²) in [6.45, 7) is 0.288. The summed E-state index contributed by atoms with van der Waals surface area (Å²) in [5, 5.41) is 6.99. The van der Waals surface area contributed by atoms with Gasteiger partial charge in [-0.3, -0.25) is 9.48 Å². The second-order valence-electron chi connectivity index (χ2n) is 6.40. The zero-order valence-corrected chi connectivity index (χ0v) is 17.6. The number of anilines is 1. The predicted molar refractivity (Wildman–Crippen MR) is 110 cm³/mol. The minimum absolute atomic E-state index is 0.0649. The van der Waals surface area contributed by atoms with Crippen LogP contribution in [0.25, 0.3) is 0 Å². The minimum atomic E-state index is -0.551. The lowest BCUT2D eigenvalue weighted by atomic mass is 10.1. The van der Waals surface area contributed by atoms with Gasteiger partial charge < -0.3 is 28.7 Å². The van der Waals surface area contributed by atoms with Gasteiger partial charge in [-0.1, -0.05) is 6.07 Å². The molecule has 0 fully saturated rings. The molecule has 0 unspecified atom stereocenters. The average Bonchev–Trinajstić information content (AvgIpc) is 3.42. The van der Waals surface area contributed by atoms with Crippen LogP contribution in [0.15, 0.2) is 41.1 Å². The fourth-order valence-corrected chi connectivity index (χ4v) is 3.03. The van der Waals surface area contributed by atoms with Gasteiger partial charge in [0.1, 0.15) is 5.76 Å². The third-order valence-corrected chi connectivity index (χ3v) is 4.42. The third kappa shape index (κ3) is 4.97. The number of amides is 1. The predicted octanol–water partition coefficient (Wildman–Crippen LogP) is 2.52. The van der Waals surface area contributed by atoms with Crippen LogP contribution in [0.3, 0.4) is 0 Å². The highest BCUT2D eigenvalue weighted by molar-refractivity contribution is 5.92. The smallest absolute Gasteiger partial charge is 0.373 e. The molecule has 0 saturated carbocycles. The quantitative estimate of drug-likeness (QED) is 0.516. The molecule has 10 heteroatoms. The summed E-state index contributed by atoms with van der Waals surface area (Å²) in [4.78, 5) is 24.0. The number of methoxy groups -OCH3 is 4. The molecule has 0 spiro atoms. The molecule has 1 amide bonds. The second-order valence-corrected chi connectivity index (χ2v) is 6.40. The van der Waals surface area contributed by atoms with Gasteiger partial charge in [0.2, 0.25) is 17.4 Å². The number of nitrogens with zero attached hydrogens (tertiary/aromatic N) is 2. The van der Waals surface area contributed by atoms with Gasteiger partial charge >= 0.3 is 5.97 Å². The number of aromatic nitrogens is 2.